The SMILES string of the molecule is COC(=O)[C@@H]1OC(=O)C=C1c1ccccc1. The largest absolute Gasteiger partial charge is 0.466 e. The maximum Gasteiger partial charge on any atom is 0.352 e. The van der Waals surface area contributed by atoms with Gasteiger partial charge in [0.25, 0.3) is 0 Å². The van der Waals surface area contributed by atoms with E-state index in [2.05, 4.69) is 4.74 Å². The molecule has 16 heavy (non-hydrogen) atoms. The molecule has 1 heterocycles. The van der Waals surface area contributed by atoms with Crippen LogP contribution in [0.4, 0.5) is 0 Å². The molecule has 0 unspecified atom stereocenters. The number of hydrogen-bond donors (Lipinski definition) is 0. The zero-order valence-electron chi connectivity index (χ0n) is 8.67. The van der Waals surface area contributed by atoms with Crippen molar-refractivity contribution < 1.29 is 19.1 Å². The molecule has 0 N–H and O–H groups in total. The molecular weight excluding hydrogens is 208 g/mol. The van der Waals surface area contributed by atoms with E-state index in [4.69, 9.17) is 4.74 Å². The minimum Gasteiger partial charge on any atom is -0.466 e. The van der Waals surface area contributed by atoms with Crippen LogP contribution in [-0.4, -0.2) is 25.2 Å². The Balaban J connectivity index is 2.35. The van der Waals surface area contributed by atoms with Gasteiger partial charge in [0.05, 0.1) is 7.11 Å². The van der Waals surface area contributed by atoms with Crippen LogP contribution in [0.15, 0.2) is 36.4 Å². The smallest absolute Gasteiger partial charge is 0.352 e. The summed E-state index contributed by atoms with van der Waals surface area (Å²) in [5.41, 5.74) is 1.32. The summed E-state index contributed by atoms with van der Waals surface area (Å²) in [6.45, 7) is 0. The molecule has 4 heteroatoms. The minimum atomic E-state index is -0.945. The first kappa shape index (κ1) is 10.4. The van der Waals surface area contributed by atoms with E-state index in [1.165, 1.54) is 13.2 Å². The van der Waals surface area contributed by atoms with Crippen molar-refractivity contribution in [2.24, 2.45) is 0 Å². The van der Waals surface area contributed by atoms with Crippen molar-refractivity contribution in [3.8, 4) is 0 Å². The molecule has 0 saturated heterocycles. The average Bonchev–Trinajstić information content (AvgIpc) is 2.71. The van der Waals surface area contributed by atoms with Gasteiger partial charge in [-0.25, -0.2) is 9.59 Å². The van der Waals surface area contributed by atoms with Crippen LogP contribution in [0.1, 0.15) is 5.56 Å². The molecule has 0 spiro atoms. The van der Waals surface area contributed by atoms with Crippen molar-refractivity contribution in [1.82, 2.24) is 0 Å². The van der Waals surface area contributed by atoms with Crippen LogP contribution in [0.5, 0.6) is 0 Å². The first-order valence-electron chi connectivity index (χ1n) is 4.78. The summed E-state index contributed by atoms with van der Waals surface area (Å²) in [5, 5.41) is 0. The van der Waals surface area contributed by atoms with Crippen molar-refractivity contribution >= 4 is 17.5 Å². The summed E-state index contributed by atoms with van der Waals surface area (Å²) in [6, 6.07) is 9.13. The monoisotopic (exact) mass is 218 g/mol. The summed E-state index contributed by atoms with van der Waals surface area (Å²) in [7, 11) is 1.26. The van der Waals surface area contributed by atoms with Crippen LogP contribution in [0, 0.1) is 0 Å². The van der Waals surface area contributed by atoms with Crippen molar-refractivity contribution in [2.75, 3.05) is 7.11 Å². The van der Waals surface area contributed by atoms with E-state index in [1.807, 2.05) is 30.3 Å². The third-order valence-electron chi connectivity index (χ3n) is 2.31. The molecule has 1 aliphatic rings. The Morgan fingerprint density at radius 1 is 1.31 bits per heavy atom. The fourth-order valence-corrected chi connectivity index (χ4v) is 1.56. The quantitative estimate of drug-likeness (QED) is 0.699. The minimum absolute atomic E-state index is 0.519. The molecule has 0 aromatic heterocycles. The summed E-state index contributed by atoms with van der Waals surface area (Å²) in [6.07, 6.45) is 0.372. The number of hydrogen-bond acceptors (Lipinski definition) is 4. The lowest BCUT2D eigenvalue weighted by molar-refractivity contribution is -0.157. The number of rotatable bonds is 2. The van der Waals surface area contributed by atoms with Crippen LogP contribution in [-0.2, 0) is 19.1 Å². The standard InChI is InChI=1S/C12H10O4/c1-15-12(14)11-9(7-10(13)16-11)8-5-3-2-4-6-8/h2-7,11H,1H3/t11-/m1/s1. The van der Waals surface area contributed by atoms with E-state index in [-0.39, 0.29) is 0 Å². The van der Waals surface area contributed by atoms with Gasteiger partial charge in [0.1, 0.15) is 0 Å². The topological polar surface area (TPSA) is 52.6 Å². The van der Waals surface area contributed by atoms with Gasteiger partial charge >= 0.3 is 11.9 Å². The van der Waals surface area contributed by atoms with Gasteiger partial charge in [-0.2, -0.15) is 0 Å². The molecule has 1 aromatic rings. The van der Waals surface area contributed by atoms with E-state index >= 15 is 0 Å². The summed E-state index contributed by atoms with van der Waals surface area (Å²) < 4.78 is 9.45. The highest BCUT2D eigenvalue weighted by Gasteiger charge is 2.34. The number of esters is 2. The first-order valence-corrected chi connectivity index (χ1v) is 4.78. The van der Waals surface area contributed by atoms with E-state index in [9.17, 15) is 9.59 Å². The normalized spacial score (nSPS) is 18.9. The van der Waals surface area contributed by atoms with Crippen molar-refractivity contribution in [2.45, 2.75) is 6.10 Å². The van der Waals surface area contributed by atoms with E-state index in [0.29, 0.717) is 5.57 Å². The van der Waals surface area contributed by atoms with Crippen LogP contribution < -0.4 is 0 Å². The first-order chi connectivity index (χ1) is 7.72. The summed E-state index contributed by atoms with van der Waals surface area (Å²) in [4.78, 5) is 22.6. The molecule has 0 saturated carbocycles. The second-order valence-corrected chi connectivity index (χ2v) is 3.31. The lowest BCUT2D eigenvalue weighted by Gasteiger charge is -2.11. The maximum absolute atomic E-state index is 11.4. The highest BCUT2D eigenvalue weighted by Crippen LogP contribution is 2.26. The fraction of sp³-hybridized carbons (Fsp3) is 0.167. The van der Waals surface area contributed by atoms with Gasteiger partial charge < -0.3 is 9.47 Å². The molecule has 2 rings (SSSR count). The molecule has 1 atom stereocenters. The number of benzene rings is 1. The zero-order valence-corrected chi connectivity index (χ0v) is 8.67. The molecule has 1 aromatic carbocycles. The molecule has 0 bridgehead atoms. The Morgan fingerprint density at radius 2 is 2.00 bits per heavy atom. The Labute approximate surface area is 92.5 Å². The number of ether oxygens (including phenoxy) is 2. The number of carbonyl (C=O) groups is 2. The third kappa shape index (κ3) is 1.82. The summed E-state index contributed by atoms with van der Waals surface area (Å²) >= 11 is 0. The van der Waals surface area contributed by atoms with Gasteiger partial charge in [-0.15, -0.1) is 0 Å². The average molecular weight is 218 g/mol. The second-order valence-electron chi connectivity index (χ2n) is 3.31. The van der Waals surface area contributed by atoms with E-state index in [1.54, 1.807) is 0 Å². The van der Waals surface area contributed by atoms with E-state index in [0.717, 1.165) is 5.56 Å². The molecule has 0 aliphatic carbocycles. The Kier molecular flexibility index (Phi) is 2.72. The Bertz CT molecular complexity index is 447. The molecule has 0 fully saturated rings. The molecule has 82 valence electrons. The van der Waals surface area contributed by atoms with Crippen molar-refractivity contribution in [3.05, 3.63) is 42.0 Å². The molecular formula is C12H10O4. The van der Waals surface area contributed by atoms with Crippen LogP contribution in [0.2, 0.25) is 0 Å². The number of cyclic esters (lactones) is 1. The molecule has 0 radical (unpaired) electrons. The maximum atomic E-state index is 11.4. The number of carbonyl (C=O) groups excluding carboxylic acids is 2. The second kappa shape index (κ2) is 4.18. The summed E-state index contributed by atoms with van der Waals surface area (Å²) in [5.74, 6) is -1.09. The van der Waals surface area contributed by atoms with Crippen molar-refractivity contribution in [1.29, 1.82) is 0 Å². The predicted octanol–water partition coefficient (Wildman–Crippen LogP) is 1.17. The molecule has 4 nitrogen and oxygen atoms in total. The van der Waals surface area contributed by atoms with Crippen LogP contribution in [0.25, 0.3) is 5.57 Å². The third-order valence-corrected chi connectivity index (χ3v) is 2.31. The Morgan fingerprint density at radius 3 is 2.62 bits per heavy atom. The molecule has 1 aliphatic heterocycles. The van der Waals surface area contributed by atoms with Gasteiger partial charge in [0.2, 0.25) is 6.10 Å². The van der Waals surface area contributed by atoms with Crippen LogP contribution in [0.3, 0.4) is 0 Å². The van der Waals surface area contributed by atoms with Crippen LogP contribution >= 0.6 is 0 Å². The van der Waals surface area contributed by atoms with Gasteiger partial charge in [0.15, 0.2) is 0 Å². The number of methoxy groups -OCH3 is 1. The van der Waals surface area contributed by atoms with E-state index < -0.39 is 18.0 Å². The fourth-order valence-electron chi connectivity index (χ4n) is 1.56. The van der Waals surface area contributed by atoms with Gasteiger partial charge in [-0.05, 0) is 5.56 Å². The lowest BCUT2D eigenvalue weighted by Crippen LogP contribution is -2.24. The highest BCUT2D eigenvalue weighted by atomic mass is 16.6. The zero-order chi connectivity index (χ0) is 11.5. The lowest BCUT2D eigenvalue weighted by atomic mass is 10.0. The van der Waals surface area contributed by atoms with Crippen molar-refractivity contribution in [3.63, 3.8) is 0 Å². The predicted molar refractivity (Wildman–Crippen MR) is 56.3 cm³/mol. The molecule has 0 amide bonds. The Hall–Kier alpha value is -2.10. The van der Waals surface area contributed by atoms with Gasteiger partial charge in [-0.3, -0.25) is 0 Å². The van der Waals surface area contributed by atoms with Gasteiger partial charge in [-0.1, -0.05) is 30.3 Å². The highest BCUT2D eigenvalue weighted by molar-refractivity contribution is 6.05. The van der Waals surface area contributed by atoms with Gasteiger partial charge in [0, 0.05) is 11.6 Å².